The molecule has 5 heteroatoms. The topological polar surface area (TPSA) is 64.3 Å². The van der Waals surface area contributed by atoms with Gasteiger partial charge in [-0.1, -0.05) is 13.8 Å². The Morgan fingerprint density at radius 2 is 2.28 bits per heavy atom. The minimum atomic E-state index is 0.0988. The molecule has 0 bridgehead atoms. The molecule has 1 aliphatic rings. The van der Waals surface area contributed by atoms with Crippen LogP contribution in [0.5, 0.6) is 5.88 Å². The Morgan fingerprint density at radius 1 is 1.50 bits per heavy atom. The van der Waals surface area contributed by atoms with Gasteiger partial charge in [-0.15, -0.1) is 0 Å². The molecule has 1 aliphatic heterocycles. The molecule has 0 saturated carbocycles. The van der Waals surface area contributed by atoms with E-state index in [4.69, 9.17) is 10.5 Å². The molecule has 1 unspecified atom stereocenters. The van der Waals surface area contributed by atoms with E-state index in [0.717, 1.165) is 25.3 Å². The van der Waals surface area contributed by atoms with Crippen molar-refractivity contribution in [1.29, 1.82) is 0 Å². The number of hydrogen-bond acceptors (Lipinski definition) is 5. The van der Waals surface area contributed by atoms with Crippen LogP contribution in [0, 0.1) is 5.41 Å². The molecule has 100 valence electrons. The Morgan fingerprint density at radius 3 is 2.94 bits per heavy atom. The Balaban J connectivity index is 2.14. The molecule has 0 aliphatic carbocycles. The highest BCUT2D eigenvalue weighted by atomic mass is 16.5. The summed E-state index contributed by atoms with van der Waals surface area (Å²) in [5.74, 6) is 1.46. The van der Waals surface area contributed by atoms with Crippen molar-refractivity contribution in [3.05, 3.63) is 12.4 Å². The molecular weight excluding hydrogens is 228 g/mol. The molecule has 0 amide bonds. The SMILES string of the molecule is CCOc1cncc(N2CCC(N)C(C)(C)C2)n1. The summed E-state index contributed by atoms with van der Waals surface area (Å²) in [5.41, 5.74) is 6.24. The van der Waals surface area contributed by atoms with Crippen molar-refractivity contribution in [1.82, 2.24) is 9.97 Å². The van der Waals surface area contributed by atoms with Gasteiger partial charge in [0.1, 0.15) is 0 Å². The molecular formula is C13H22N4O. The van der Waals surface area contributed by atoms with Crippen LogP contribution in [0.15, 0.2) is 12.4 Å². The van der Waals surface area contributed by atoms with Crippen LogP contribution < -0.4 is 15.4 Å². The van der Waals surface area contributed by atoms with Crippen LogP contribution >= 0.6 is 0 Å². The fraction of sp³-hybridized carbons (Fsp3) is 0.692. The third kappa shape index (κ3) is 2.72. The van der Waals surface area contributed by atoms with Crippen LogP contribution in [0.25, 0.3) is 0 Å². The molecule has 2 rings (SSSR count). The van der Waals surface area contributed by atoms with Crippen molar-refractivity contribution in [2.75, 3.05) is 24.6 Å². The normalized spacial score (nSPS) is 22.9. The Bertz CT molecular complexity index is 408. The fourth-order valence-electron chi connectivity index (χ4n) is 2.28. The predicted octanol–water partition coefficient (Wildman–Crippen LogP) is 1.44. The summed E-state index contributed by atoms with van der Waals surface area (Å²) in [6.45, 7) is 8.77. The highest BCUT2D eigenvalue weighted by Crippen LogP contribution is 2.30. The summed E-state index contributed by atoms with van der Waals surface area (Å²) in [4.78, 5) is 10.9. The van der Waals surface area contributed by atoms with Gasteiger partial charge in [-0.05, 0) is 18.8 Å². The quantitative estimate of drug-likeness (QED) is 0.879. The second-order valence-electron chi connectivity index (χ2n) is 5.45. The van der Waals surface area contributed by atoms with Gasteiger partial charge in [-0.3, -0.25) is 4.98 Å². The van der Waals surface area contributed by atoms with E-state index in [1.807, 2.05) is 6.92 Å². The fourth-order valence-corrected chi connectivity index (χ4v) is 2.28. The van der Waals surface area contributed by atoms with Gasteiger partial charge in [0.2, 0.25) is 5.88 Å². The molecule has 5 nitrogen and oxygen atoms in total. The van der Waals surface area contributed by atoms with Crippen molar-refractivity contribution in [3.8, 4) is 5.88 Å². The van der Waals surface area contributed by atoms with E-state index < -0.39 is 0 Å². The van der Waals surface area contributed by atoms with Crippen molar-refractivity contribution in [2.24, 2.45) is 11.1 Å². The van der Waals surface area contributed by atoms with Gasteiger partial charge >= 0.3 is 0 Å². The summed E-state index contributed by atoms with van der Waals surface area (Å²) in [6.07, 6.45) is 4.41. The second kappa shape index (κ2) is 5.10. The molecule has 0 radical (unpaired) electrons. The summed E-state index contributed by atoms with van der Waals surface area (Å²) < 4.78 is 5.39. The lowest BCUT2D eigenvalue weighted by molar-refractivity contribution is 0.243. The van der Waals surface area contributed by atoms with E-state index in [9.17, 15) is 0 Å². The maximum Gasteiger partial charge on any atom is 0.234 e. The average molecular weight is 250 g/mol. The molecule has 1 aromatic heterocycles. The Kier molecular flexibility index (Phi) is 3.71. The van der Waals surface area contributed by atoms with Gasteiger partial charge in [-0.25, -0.2) is 0 Å². The van der Waals surface area contributed by atoms with Crippen LogP contribution in [0.3, 0.4) is 0 Å². The van der Waals surface area contributed by atoms with E-state index in [2.05, 4.69) is 28.7 Å². The first-order valence-electron chi connectivity index (χ1n) is 6.48. The Labute approximate surface area is 108 Å². The summed E-state index contributed by atoms with van der Waals surface area (Å²) in [7, 11) is 0. The van der Waals surface area contributed by atoms with Gasteiger partial charge < -0.3 is 15.4 Å². The first-order valence-corrected chi connectivity index (χ1v) is 6.48. The van der Waals surface area contributed by atoms with Crippen molar-refractivity contribution in [2.45, 2.75) is 33.2 Å². The van der Waals surface area contributed by atoms with E-state index in [1.54, 1.807) is 12.4 Å². The van der Waals surface area contributed by atoms with Gasteiger partial charge in [0, 0.05) is 19.1 Å². The average Bonchev–Trinajstić information content (AvgIpc) is 2.33. The second-order valence-corrected chi connectivity index (χ2v) is 5.45. The molecule has 1 saturated heterocycles. The Hall–Kier alpha value is -1.36. The predicted molar refractivity (Wildman–Crippen MR) is 71.8 cm³/mol. The zero-order valence-electron chi connectivity index (χ0n) is 11.4. The monoisotopic (exact) mass is 250 g/mol. The van der Waals surface area contributed by atoms with Crippen LogP contribution in [0.2, 0.25) is 0 Å². The standard InChI is InChI=1S/C13H22N4O/c1-4-18-12-8-15-7-11(16-12)17-6-5-10(14)13(2,3)9-17/h7-8,10H,4-6,9,14H2,1-3H3. The number of nitrogens with zero attached hydrogens (tertiary/aromatic N) is 3. The van der Waals surface area contributed by atoms with E-state index in [-0.39, 0.29) is 11.5 Å². The zero-order chi connectivity index (χ0) is 13.2. The highest BCUT2D eigenvalue weighted by molar-refractivity contribution is 5.39. The number of hydrogen-bond donors (Lipinski definition) is 1. The smallest absolute Gasteiger partial charge is 0.234 e. The van der Waals surface area contributed by atoms with E-state index in [1.165, 1.54) is 0 Å². The molecule has 2 heterocycles. The number of anilines is 1. The minimum absolute atomic E-state index is 0.0988. The molecule has 1 atom stereocenters. The van der Waals surface area contributed by atoms with Gasteiger partial charge in [-0.2, -0.15) is 4.98 Å². The lowest BCUT2D eigenvalue weighted by Gasteiger charge is -2.43. The van der Waals surface area contributed by atoms with Crippen molar-refractivity contribution in [3.63, 3.8) is 0 Å². The number of rotatable bonds is 3. The van der Waals surface area contributed by atoms with Crippen LogP contribution in [-0.2, 0) is 0 Å². The third-order valence-electron chi connectivity index (χ3n) is 3.53. The highest BCUT2D eigenvalue weighted by Gasteiger charge is 2.34. The maximum atomic E-state index is 6.14. The van der Waals surface area contributed by atoms with E-state index in [0.29, 0.717) is 12.5 Å². The van der Waals surface area contributed by atoms with E-state index >= 15 is 0 Å². The van der Waals surface area contributed by atoms with Gasteiger partial charge in [0.15, 0.2) is 5.82 Å². The first kappa shape index (κ1) is 13.1. The largest absolute Gasteiger partial charge is 0.477 e. The van der Waals surface area contributed by atoms with Gasteiger partial charge in [0.25, 0.3) is 0 Å². The third-order valence-corrected chi connectivity index (χ3v) is 3.53. The minimum Gasteiger partial charge on any atom is -0.477 e. The lowest BCUT2D eigenvalue weighted by Crippen LogP contribution is -2.52. The van der Waals surface area contributed by atoms with Gasteiger partial charge in [0.05, 0.1) is 19.0 Å². The summed E-state index contributed by atoms with van der Waals surface area (Å²) >= 11 is 0. The number of ether oxygens (including phenoxy) is 1. The van der Waals surface area contributed by atoms with Crippen LogP contribution in [-0.4, -0.2) is 35.7 Å². The number of nitrogens with two attached hydrogens (primary N) is 1. The van der Waals surface area contributed by atoms with Crippen LogP contribution in [0.1, 0.15) is 27.2 Å². The van der Waals surface area contributed by atoms with Crippen molar-refractivity contribution < 1.29 is 4.74 Å². The molecule has 2 N–H and O–H groups in total. The molecule has 18 heavy (non-hydrogen) atoms. The molecule has 1 aromatic rings. The lowest BCUT2D eigenvalue weighted by atomic mass is 9.80. The first-order chi connectivity index (χ1) is 8.53. The molecule has 0 aromatic carbocycles. The van der Waals surface area contributed by atoms with Crippen LogP contribution in [0.4, 0.5) is 5.82 Å². The molecule has 0 spiro atoms. The zero-order valence-corrected chi connectivity index (χ0v) is 11.4. The molecule has 1 fully saturated rings. The summed E-state index contributed by atoms with van der Waals surface area (Å²) in [5, 5.41) is 0. The number of piperidine rings is 1. The summed E-state index contributed by atoms with van der Waals surface area (Å²) in [6, 6.07) is 0.247. The maximum absolute atomic E-state index is 6.14. The van der Waals surface area contributed by atoms with Crippen molar-refractivity contribution >= 4 is 5.82 Å². The number of aromatic nitrogens is 2.